The van der Waals surface area contributed by atoms with Gasteiger partial charge in [-0.1, -0.05) is 20.8 Å². The van der Waals surface area contributed by atoms with Gasteiger partial charge in [-0.3, -0.25) is 4.94 Å². The standard InChI is InChI=1S/C6H10F2O2/c1-6(2,3)4(7)5(9)10-8/h4H,1-3H3. The average Bonchev–Trinajstić information content (AvgIpc) is 1.83. The lowest BCUT2D eigenvalue weighted by molar-refractivity contribution is -0.194. The molecule has 1 unspecified atom stereocenters. The van der Waals surface area contributed by atoms with Crippen molar-refractivity contribution in [1.29, 1.82) is 0 Å². The molecule has 10 heavy (non-hydrogen) atoms. The van der Waals surface area contributed by atoms with Crippen LogP contribution in [0.4, 0.5) is 8.92 Å². The molecule has 0 aliphatic rings. The van der Waals surface area contributed by atoms with Gasteiger partial charge in [0.05, 0.1) is 0 Å². The van der Waals surface area contributed by atoms with Gasteiger partial charge >= 0.3 is 5.97 Å². The van der Waals surface area contributed by atoms with Crippen molar-refractivity contribution in [3.8, 4) is 0 Å². The Bertz CT molecular complexity index is 128. The van der Waals surface area contributed by atoms with Gasteiger partial charge in [0.1, 0.15) is 0 Å². The van der Waals surface area contributed by atoms with E-state index in [-0.39, 0.29) is 0 Å². The molecule has 0 N–H and O–H groups in total. The largest absolute Gasteiger partial charge is 0.383 e. The van der Waals surface area contributed by atoms with Gasteiger partial charge in [-0.2, -0.15) is 0 Å². The highest BCUT2D eigenvalue weighted by atomic mass is 19.3. The number of rotatable bonds is 1. The van der Waals surface area contributed by atoms with Crippen LogP contribution in [-0.2, 0) is 9.74 Å². The number of halogens is 2. The van der Waals surface area contributed by atoms with E-state index in [2.05, 4.69) is 4.94 Å². The van der Waals surface area contributed by atoms with E-state index in [0.29, 0.717) is 0 Å². The van der Waals surface area contributed by atoms with Crippen molar-refractivity contribution in [1.82, 2.24) is 0 Å². The number of hydrogen-bond acceptors (Lipinski definition) is 2. The van der Waals surface area contributed by atoms with E-state index in [1.807, 2.05) is 0 Å². The van der Waals surface area contributed by atoms with Gasteiger partial charge in [0, 0.05) is 9.94 Å². The second-order valence-corrected chi connectivity index (χ2v) is 3.12. The molecule has 1 atom stereocenters. The zero-order valence-electron chi connectivity index (χ0n) is 6.15. The van der Waals surface area contributed by atoms with E-state index >= 15 is 0 Å². The van der Waals surface area contributed by atoms with E-state index in [0.717, 1.165) is 0 Å². The lowest BCUT2D eigenvalue weighted by atomic mass is 9.90. The van der Waals surface area contributed by atoms with Crippen molar-refractivity contribution >= 4 is 5.97 Å². The molecular formula is C6H10F2O2. The second kappa shape index (κ2) is 2.94. The van der Waals surface area contributed by atoms with E-state index < -0.39 is 17.6 Å². The molecule has 0 aromatic carbocycles. The van der Waals surface area contributed by atoms with Gasteiger partial charge in [-0.15, -0.1) is 0 Å². The minimum absolute atomic E-state index is 0.900. The number of alkyl halides is 1. The molecule has 0 aliphatic carbocycles. The van der Waals surface area contributed by atoms with Crippen molar-refractivity contribution in [3.63, 3.8) is 0 Å². The predicted octanol–water partition coefficient (Wildman–Crippen LogP) is 1.80. The maximum absolute atomic E-state index is 12.6. The first-order valence-corrected chi connectivity index (χ1v) is 2.86. The van der Waals surface area contributed by atoms with Crippen LogP contribution < -0.4 is 0 Å². The lowest BCUT2D eigenvalue weighted by Crippen LogP contribution is -2.30. The molecule has 0 spiro atoms. The number of carbonyl (C=O) groups excluding carboxylic acids is 1. The first-order valence-electron chi connectivity index (χ1n) is 2.86. The van der Waals surface area contributed by atoms with Crippen LogP contribution >= 0.6 is 0 Å². The van der Waals surface area contributed by atoms with Crippen LogP contribution in [-0.4, -0.2) is 12.1 Å². The molecule has 0 aromatic heterocycles. The molecule has 0 saturated carbocycles. The summed E-state index contributed by atoms with van der Waals surface area (Å²) in [4.78, 5) is 12.9. The topological polar surface area (TPSA) is 26.3 Å². The summed E-state index contributed by atoms with van der Waals surface area (Å²) in [6.45, 7) is 4.44. The van der Waals surface area contributed by atoms with Crippen LogP contribution in [0.3, 0.4) is 0 Å². The smallest absolute Gasteiger partial charge is 0.252 e. The summed E-state index contributed by atoms with van der Waals surface area (Å²) in [5.41, 5.74) is -0.900. The summed E-state index contributed by atoms with van der Waals surface area (Å²) in [6.07, 6.45) is -1.91. The molecule has 0 saturated heterocycles. The van der Waals surface area contributed by atoms with Gasteiger partial charge in [0.25, 0.3) is 0 Å². The van der Waals surface area contributed by atoms with Gasteiger partial charge in [-0.25, -0.2) is 9.18 Å². The molecular weight excluding hydrogens is 142 g/mol. The molecule has 60 valence electrons. The predicted molar refractivity (Wildman–Crippen MR) is 31.6 cm³/mol. The summed E-state index contributed by atoms with van der Waals surface area (Å²) in [7, 11) is 0. The fourth-order valence-corrected chi connectivity index (χ4v) is 0.393. The van der Waals surface area contributed by atoms with Crippen LogP contribution in [0.25, 0.3) is 0 Å². The van der Waals surface area contributed by atoms with Crippen LogP contribution in [0.15, 0.2) is 0 Å². The summed E-state index contributed by atoms with van der Waals surface area (Å²) in [5, 5.41) is 0. The fourth-order valence-electron chi connectivity index (χ4n) is 0.393. The van der Waals surface area contributed by atoms with Crippen molar-refractivity contribution < 1.29 is 18.7 Å². The maximum atomic E-state index is 12.6. The lowest BCUT2D eigenvalue weighted by Gasteiger charge is -2.19. The van der Waals surface area contributed by atoms with Crippen LogP contribution in [0, 0.1) is 5.41 Å². The minimum Gasteiger partial charge on any atom is -0.252 e. The van der Waals surface area contributed by atoms with E-state index in [1.165, 1.54) is 20.8 Å². The molecule has 0 aromatic rings. The minimum atomic E-state index is -1.91. The SMILES string of the molecule is CC(C)(C)C(F)C(=O)OF. The highest BCUT2D eigenvalue weighted by Crippen LogP contribution is 2.23. The molecule has 0 radical (unpaired) electrons. The zero-order valence-corrected chi connectivity index (χ0v) is 6.15. The Labute approximate surface area is 58.1 Å². The summed E-state index contributed by atoms with van der Waals surface area (Å²) in [6, 6.07) is 0. The fraction of sp³-hybridized carbons (Fsp3) is 0.833. The van der Waals surface area contributed by atoms with E-state index in [9.17, 15) is 13.7 Å². The Hall–Kier alpha value is -0.670. The Morgan fingerprint density at radius 1 is 1.50 bits per heavy atom. The average molecular weight is 152 g/mol. The maximum Gasteiger partial charge on any atom is 0.383 e. The number of hydrogen-bond donors (Lipinski definition) is 0. The Morgan fingerprint density at radius 3 is 2.00 bits per heavy atom. The van der Waals surface area contributed by atoms with Gasteiger partial charge in [-0.05, 0) is 0 Å². The normalized spacial score (nSPS) is 14.5. The first kappa shape index (κ1) is 9.33. The van der Waals surface area contributed by atoms with Crippen LogP contribution in [0.2, 0.25) is 0 Å². The zero-order chi connectivity index (χ0) is 8.36. The molecule has 0 aliphatic heterocycles. The third-order valence-electron chi connectivity index (χ3n) is 1.04. The summed E-state index contributed by atoms with van der Waals surface area (Å²) < 4.78 is 23.7. The molecule has 0 heterocycles. The highest BCUT2D eigenvalue weighted by molar-refractivity contribution is 5.74. The Morgan fingerprint density at radius 2 is 1.90 bits per heavy atom. The molecule has 0 fully saturated rings. The van der Waals surface area contributed by atoms with Crippen molar-refractivity contribution in [2.45, 2.75) is 26.9 Å². The molecule has 4 heteroatoms. The van der Waals surface area contributed by atoms with Crippen molar-refractivity contribution in [3.05, 3.63) is 0 Å². The van der Waals surface area contributed by atoms with Crippen molar-refractivity contribution in [2.75, 3.05) is 0 Å². The van der Waals surface area contributed by atoms with Gasteiger partial charge in [0.15, 0.2) is 0 Å². The molecule has 0 amide bonds. The first-order chi connectivity index (χ1) is 4.39. The summed E-state index contributed by atoms with van der Waals surface area (Å²) in [5.74, 6) is -1.47. The van der Waals surface area contributed by atoms with E-state index in [4.69, 9.17) is 0 Å². The molecule has 0 rings (SSSR count). The number of carbonyl (C=O) groups is 1. The quantitative estimate of drug-likeness (QED) is 0.572. The van der Waals surface area contributed by atoms with Crippen molar-refractivity contribution in [2.24, 2.45) is 5.41 Å². The highest BCUT2D eigenvalue weighted by Gasteiger charge is 2.33. The van der Waals surface area contributed by atoms with Gasteiger partial charge < -0.3 is 0 Å². The Balaban J connectivity index is 4.08. The second-order valence-electron chi connectivity index (χ2n) is 3.12. The molecule has 0 bridgehead atoms. The molecule has 2 nitrogen and oxygen atoms in total. The van der Waals surface area contributed by atoms with Gasteiger partial charge in [0.2, 0.25) is 6.17 Å². The Kier molecular flexibility index (Phi) is 2.75. The third kappa shape index (κ3) is 2.29. The summed E-state index contributed by atoms with van der Waals surface area (Å²) >= 11 is 0. The van der Waals surface area contributed by atoms with Crippen LogP contribution in [0.5, 0.6) is 0 Å². The monoisotopic (exact) mass is 152 g/mol. The van der Waals surface area contributed by atoms with Crippen LogP contribution in [0.1, 0.15) is 20.8 Å². The third-order valence-corrected chi connectivity index (χ3v) is 1.04. The van der Waals surface area contributed by atoms with E-state index in [1.54, 1.807) is 0 Å².